The molecule has 2 rings (SSSR count). The number of rotatable bonds is 0. The Bertz CT molecular complexity index is 421. The molecule has 0 atom stereocenters. The summed E-state index contributed by atoms with van der Waals surface area (Å²) >= 11 is 0. The van der Waals surface area contributed by atoms with Gasteiger partial charge < -0.3 is 0 Å². The Morgan fingerprint density at radius 3 is 2.58 bits per heavy atom. The standard InChI is InChI=1S/C10H10N2/c1-7-3-4-9-10(8(7)2)12-6-5-11-9/h3-6H,1-2H3. The number of benzene rings is 1. The van der Waals surface area contributed by atoms with Crippen molar-refractivity contribution >= 4 is 11.0 Å². The van der Waals surface area contributed by atoms with Gasteiger partial charge in [-0.1, -0.05) is 6.07 Å². The number of nitrogens with zero attached hydrogens (tertiary/aromatic N) is 2. The molecule has 0 aliphatic heterocycles. The lowest BCUT2D eigenvalue weighted by molar-refractivity contribution is 1.25. The van der Waals surface area contributed by atoms with Crippen LogP contribution >= 0.6 is 0 Å². The third-order valence-corrected chi connectivity index (χ3v) is 2.16. The van der Waals surface area contributed by atoms with Crippen molar-refractivity contribution in [1.82, 2.24) is 9.97 Å². The van der Waals surface area contributed by atoms with E-state index in [1.165, 1.54) is 11.1 Å². The Hall–Kier alpha value is -1.44. The fraction of sp³-hybridized carbons (Fsp3) is 0.200. The first kappa shape index (κ1) is 7.22. The smallest absolute Gasteiger partial charge is 0.0918 e. The lowest BCUT2D eigenvalue weighted by Crippen LogP contribution is -1.88. The van der Waals surface area contributed by atoms with Gasteiger partial charge in [0, 0.05) is 12.4 Å². The van der Waals surface area contributed by atoms with Crippen molar-refractivity contribution in [2.45, 2.75) is 13.8 Å². The van der Waals surface area contributed by atoms with Gasteiger partial charge in [0.1, 0.15) is 0 Å². The van der Waals surface area contributed by atoms with Gasteiger partial charge in [-0.15, -0.1) is 0 Å². The molecule has 2 aromatic rings. The van der Waals surface area contributed by atoms with Gasteiger partial charge in [-0.25, -0.2) is 0 Å². The minimum Gasteiger partial charge on any atom is -0.253 e. The molecule has 1 aromatic heterocycles. The number of aromatic nitrogens is 2. The molecule has 0 fully saturated rings. The maximum absolute atomic E-state index is 4.28. The molecule has 12 heavy (non-hydrogen) atoms. The maximum atomic E-state index is 4.28. The van der Waals surface area contributed by atoms with Crippen LogP contribution in [0.25, 0.3) is 11.0 Å². The first-order valence-corrected chi connectivity index (χ1v) is 3.96. The summed E-state index contributed by atoms with van der Waals surface area (Å²) in [5, 5.41) is 0. The highest BCUT2D eigenvalue weighted by atomic mass is 14.8. The first-order valence-electron chi connectivity index (χ1n) is 3.96. The summed E-state index contributed by atoms with van der Waals surface area (Å²) in [7, 11) is 0. The molecule has 0 spiro atoms. The van der Waals surface area contributed by atoms with Crippen LogP contribution in [0.2, 0.25) is 0 Å². The van der Waals surface area contributed by atoms with Crippen LogP contribution in [0.4, 0.5) is 0 Å². The lowest BCUT2D eigenvalue weighted by atomic mass is 10.1. The number of hydrogen-bond acceptors (Lipinski definition) is 2. The second-order valence-corrected chi connectivity index (χ2v) is 2.93. The minimum absolute atomic E-state index is 0.973. The Morgan fingerprint density at radius 1 is 1.00 bits per heavy atom. The van der Waals surface area contributed by atoms with Crippen LogP contribution in [-0.4, -0.2) is 9.97 Å². The van der Waals surface area contributed by atoms with Crippen LogP contribution in [-0.2, 0) is 0 Å². The van der Waals surface area contributed by atoms with E-state index in [1.54, 1.807) is 12.4 Å². The van der Waals surface area contributed by atoms with Crippen molar-refractivity contribution in [3.05, 3.63) is 35.7 Å². The highest BCUT2D eigenvalue weighted by Gasteiger charge is 2.00. The predicted molar refractivity (Wildman–Crippen MR) is 49.0 cm³/mol. The third-order valence-electron chi connectivity index (χ3n) is 2.16. The van der Waals surface area contributed by atoms with Crippen molar-refractivity contribution in [2.75, 3.05) is 0 Å². The lowest BCUT2D eigenvalue weighted by Gasteiger charge is -2.02. The molecule has 0 N–H and O–H groups in total. The van der Waals surface area contributed by atoms with E-state index < -0.39 is 0 Å². The Labute approximate surface area is 71.3 Å². The molecule has 0 aliphatic carbocycles. The Balaban J connectivity index is 2.91. The van der Waals surface area contributed by atoms with Gasteiger partial charge in [0.2, 0.25) is 0 Å². The molecule has 1 heterocycles. The molecule has 0 aliphatic rings. The van der Waals surface area contributed by atoms with Crippen molar-refractivity contribution in [1.29, 1.82) is 0 Å². The summed E-state index contributed by atoms with van der Waals surface area (Å²) in [5.41, 5.74) is 4.47. The van der Waals surface area contributed by atoms with Crippen molar-refractivity contribution in [2.24, 2.45) is 0 Å². The SMILES string of the molecule is Cc1ccc2nccnc2c1C. The largest absolute Gasteiger partial charge is 0.253 e. The van der Waals surface area contributed by atoms with Crippen LogP contribution in [0.1, 0.15) is 11.1 Å². The number of hydrogen-bond donors (Lipinski definition) is 0. The topological polar surface area (TPSA) is 25.8 Å². The van der Waals surface area contributed by atoms with Gasteiger partial charge >= 0.3 is 0 Å². The quantitative estimate of drug-likeness (QED) is 0.587. The molecule has 0 unspecified atom stereocenters. The van der Waals surface area contributed by atoms with Gasteiger partial charge in [0.15, 0.2) is 0 Å². The van der Waals surface area contributed by atoms with Crippen LogP contribution < -0.4 is 0 Å². The van der Waals surface area contributed by atoms with Gasteiger partial charge in [0.05, 0.1) is 11.0 Å². The summed E-state index contributed by atoms with van der Waals surface area (Å²) in [6.07, 6.45) is 3.45. The average Bonchev–Trinajstić information content (AvgIpc) is 2.12. The average molecular weight is 158 g/mol. The summed E-state index contributed by atoms with van der Waals surface area (Å²) in [6, 6.07) is 4.08. The zero-order valence-electron chi connectivity index (χ0n) is 7.20. The van der Waals surface area contributed by atoms with Crippen LogP contribution in [0.3, 0.4) is 0 Å². The van der Waals surface area contributed by atoms with Crippen LogP contribution in [0, 0.1) is 13.8 Å². The van der Waals surface area contributed by atoms with E-state index >= 15 is 0 Å². The number of fused-ring (bicyclic) bond motifs is 1. The van der Waals surface area contributed by atoms with E-state index in [2.05, 4.69) is 29.9 Å². The monoisotopic (exact) mass is 158 g/mol. The van der Waals surface area contributed by atoms with Gasteiger partial charge in [-0.3, -0.25) is 9.97 Å². The normalized spacial score (nSPS) is 10.5. The Morgan fingerprint density at radius 2 is 1.75 bits per heavy atom. The summed E-state index contributed by atoms with van der Waals surface area (Å²) in [4.78, 5) is 8.50. The molecule has 2 nitrogen and oxygen atoms in total. The van der Waals surface area contributed by atoms with Crippen molar-refractivity contribution < 1.29 is 0 Å². The second kappa shape index (κ2) is 2.55. The van der Waals surface area contributed by atoms with E-state index in [-0.39, 0.29) is 0 Å². The zero-order chi connectivity index (χ0) is 8.55. The minimum atomic E-state index is 0.973. The van der Waals surface area contributed by atoms with E-state index in [0.29, 0.717) is 0 Å². The molecule has 2 heteroatoms. The van der Waals surface area contributed by atoms with Crippen LogP contribution in [0.15, 0.2) is 24.5 Å². The molecule has 1 aromatic carbocycles. The fourth-order valence-electron chi connectivity index (χ4n) is 1.28. The summed E-state index contributed by atoms with van der Waals surface area (Å²) in [5.74, 6) is 0. The fourth-order valence-corrected chi connectivity index (χ4v) is 1.28. The molecule has 0 saturated heterocycles. The molecule has 0 bridgehead atoms. The first-order chi connectivity index (χ1) is 5.79. The molecule has 0 radical (unpaired) electrons. The van der Waals surface area contributed by atoms with Crippen molar-refractivity contribution in [3.8, 4) is 0 Å². The molecule has 60 valence electrons. The van der Waals surface area contributed by atoms with Gasteiger partial charge in [-0.05, 0) is 31.0 Å². The molecule has 0 amide bonds. The highest BCUT2D eigenvalue weighted by Crippen LogP contribution is 2.16. The summed E-state index contributed by atoms with van der Waals surface area (Å²) < 4.78 is 0. The molecular weight excluding hydrogens is 148 g/mol. The van der Waals surface area contributed by atoms with E-state index in [9.17, 15) is 0 Å². The third kappa shape index (κ3) is 0.961. The van der Waals surface area contributed by atoms with Crippen LogP contribution in [0.5, 0.6) is 0 Å². The van der Waals surface area contributed by atoms with E-state index in [0.717, 1.165) is 11.0 Å². The summed E-state index contributed by atoms with van der Waals surface area (Å²) in [6.45, 7) is 4.16. The van der Waals surface area contributed by atoms with E-state index in [4.69, 9.17) is 0 Å². The van der Waals surface area contributed by atoms with Gasteiger partial charge in [-0.2, -0.15) is 0 Å². The maximum Gasteiger partial charge on any atom is 0.0918 e. The predicted octanol–water partition coefficient (Wildman–Crippen LogP) is 2.25. The highest BCUT2D eigenvalue weighted by molar-refractivity contribution is 5.78. The van der Waals surface area contributed by atoms with Gasteiger partial charge in [0.25, 0.3) is 0 Å². The Kier molecular flexibility index (Phi) is 1.54. The second-order valence-electron chi connectivity index (χ2n) is 2.93. The van der Waals surface area contributed by atoms with Crippen molar-refractivity contribution in [3.63, 3.8) is 0 Å². The molecular formula is C10H10N2. The number of aryl methyl sites for hydroxylation is 2. The zero-order valence-corrected chi connectivity index (χ0v) is 7.20. The van der Waals surface area contributed by atoms with E-state index in [1.807, 2.05) is 6.07 Å². The molecule has 0 saturated carbocycles.